The summed E-state index contributed by atoms with van der Waals surface area (Å²) in [6, 6.07) is 19.8. The van der Waals surface area contributed by atoms with Gasteiger partial charge in [-0.2, -0.15) is 5.10 Å². The lowest BCUT2D eigenvalue weighted by Crippen LogP contribution is -2.26. The van der Waals surface area contributed by atoms with Crippen LogP contribution in [0.2, 0.25) is 0 Å². The summed E-state index contributed by atoms with van der Waals surface area (Å²) in [4.78, 5) is 22.3. The standard InChI is InChI=1S/C20H18N4O3/c1-14(15-9-11-17(12-10-15)24(26)27)22-23-20(25)13-21-19-8-4-6-16-5-2-3-7-18(16)19/h2-12,21H,13H2,1H3,(H,23,25)/b22-14+. The zero-order chi connectivity index (χ0) is 19.2. The van der Waals surface area contributed by atoms with E-state index in [0.29, 0.717) is 11.3 Å². The Labute approximate surface area is 155 Å². The SMILES string of the molecule is C/C(=N\NC(=O)CNc1cccc2ccccc12)c1ccc([N+](=O)[O-])cc1. The molecule has 1 amide bonds. The Bertz CT molecular complexity index is 1010. The molecule has 0 saturated heterocycles. The molecule has 0 fully saturated rings. The lowest BCUT2D eigenvalue weighted by atomic mass is 10.1. The number of nitro benzene ring substituents is 1. The molecule has 2 N–H and O–H groups in total. The fraction of sp³-hybridized carbons (Fsp3) is 0.100. The Balaban J connectivity index is 1.60. The number of hydrazone groups is 1. The fourth-order valence-electron chi connectivity index (χ4n) is 2.63. The number of carbonyl (C=O) groups excluding carboxylic acids is 1. The van der Waals surface area contributed by atoms with Crippen LogP contribution < -0.4 is 10.7 Å². The molecule has 27 heavy (non-hydrogen) atoms. The van der Waals surface area contributed by atoms with Crippen molar-refractivity contribution in [2.24, 2.45) is 5.10 Å². The minimum atomic E-state index is -0.461. The molecule has 3 aromatic rings. The second kappa shape index (κ2) is 8.09. The van der Waals surface area contributed by atoms with Gasteiger partial charge in [0.05, 0.1) is 17.2 Å². The number of anilines is 1. The quantitative estimate of drug-likeness (QED) is 0.397. The molecule has 0 heterocycles. The third-order valence-electron chi connectivity index (χ3n) is 4.07. The molecule has 0 atom stereocenters. The zero-order valence-electron chi connectivity index (χ0n) is 14.7. The van der Waals surface area contributed by atoms with Crippen molar-refractivity contribution < 1.29 is 9.72 Å². The molecule has 0 saturated carbocycles. The first kappa shape index (κ1) is 18.1. The van der Waals surface area contributed by atoms with E-state index in [2.05, 4.69) is 15.8 Å². The number of carbonyl (C=O) groups is 1. The number of hydrogen-bond acceptors (Lipinski definition) is 5. The predicted molar refractivity (Wildman–Crippen MR) is 106 cm³/mol. The third kappa shape index (κ3) is 4.46. The van der Waals surface area contributed by atoms with Gasteiger partial charge in [-0.3, -0.25) is 14.9 Å². The Morgan fingerprint density at radius 3 is 2.48 bits per heavy atom. The Morgan fingerprint density at radius 1 is 1.04 bits per heavy atom. The molecule has 0 unspecified atom stereocenters. The van der Waals surface area contributed by atoms with Crippen molar-refractivity contribution in [1.29, 1.82) is 0 Å². The number of nitro groups is 1. The monoisotopic (exact) mass is 362 g/mol. The highest BCUT2D eigenvalue weighted by Gasteiger charge is 2.07. The number of rotatable bonds is 6. The number of benzene rings is 3. The second-order valence-electron chi connectivity index (χ2n) is 5.92. The van der Waals surface area contributed by atoms with Crippen LogP contribution in [-0.2, 0) is 4.79 Å². The number of non-ortho nitro benzene ring substituents is 1. The molecule has 0 radical (unpaired) electrons. The maximum atomic E-state index is 12.1. The normalized spacial score (nSPS) is 11.2. The van der Waals surface area contributed by atoms with E-state index in [9.17, 15) is 14.9 Å². The van der Waals surface area contributed by atoms with Crippen molar-refractivity contribution >= 4 is 33.8 Å². The highest BCUT2D eigenvalue weighted by molar-refractivity contribution is 5.99. The fourth-order valence-corrected chi connectivity index (χ4v) is 2.63. The summed E-state index contributed by atoms with van der Waals surface area (Å²) in [5.41, 5.74) is 4.63. The van der Waals surface area contributed by atoms with Gasteiger partial charge < -0.3 is 5.32 Å². The van der Waals surface area contributed by atoms with Gasteiger partial charge in [-0.15, -0.1) is 0 Å². The van der Waals surface area contributed by atoms with Gasteiger partial charge in [0.2, 0.25) is 0 Å². The average molecular weight is 362 g/mol. The smallest absolute Gasteiger partial charge is 0.269 e. The van der Waals surface area contributed by atoms with E-state index < -0.39 is 4.92 Å². The van der Waals surface area contributed by atoms with Crippen LogP contribution in [0.1, 0.15) is 12.5 Å². The molecule has 136 valence electrons. The van der Waals surface area contributed by atoms with Crippen molar-refractivity contribution in [3.8, 4) is 0 Å². The maximum Gasteiger partial charge on any atom is 0.269 e. The van der Waals surface area contributed by atoms with E-state index in [-0.39, 0.29) is 18.1 Å². The molecule has 3 aromatic carbocycles. The summed E-state index contributed by atoms with van der Waals surface area (Å²) in [6.07, 6.45) is 0. The molecule has 0 bridgehead atoms. The molecular formula is C20H18N4O3. The molecule has 0 aliphatic carbocycles. The van der Waals surface area contributed by atoms with Crippen molar-refractivity contribution in [3.63, 3.8) is 0 Å². The average Bonchev–Trinajstić information content (AvgIpc) is 2.70. The molecule has 3 rings (SSSR count). The minimum absolute atomic E-state index is 0.00914. The van der Waals surface area contributed by atoms with E-state index >= 15 is 0 Å². The van der Waals surface area contributed by atoms with Crippen LogP contribution in [0, 0.1) is 10.1 Å². The van der Waals surface area contributed by atoms with Gasteiger partial charge in [-0.25, -0.2) is 5.43 Å². The van der Waals surface area contributed by atoms with Gasteiger partial charge >= 0.3 is 0 Å². The molecule has 7 heteroatoms. The van der Waals surface area contributed by atoms with Crippen LogP contribution in [0.5, 0.6) is 0 Å². The molecule has 0 aliphatic heterocycles. The van der Waals surface area contributed by atoms with Crippen LogP contribution in [0.3, 0.4) is 0 Å². The van der Waals surface area contributed by atoms with Gasteiger partial charge in [-0.05, 0) is 36.1 Å². The summed E-state index contributed by atoms with van der Waals surface area (Å²) >= 11 is 0. The van der Waals surface area contributed by atoms with Crippen LogP contribution in [0.15, 0.2) is 71.8 Å². The summed E-state index contributed by atoms with van der Waals surface area (Å²) in [5.74, 6) is -0.288. The van der Waals surface area contributed by atoms with Crippen molar-refractivity contribution in [2.75, 3.05) is 11.9 Å². The topological polar surface area (TPSA) is 96.6 Å². The number of hydrogen-bond donors (Lipinski definition) is 2. The lowest BCUT2D eigenvalue weighted by Gasteiger charge is -2.09. The second-order valence-corrected chi connectivity index (χ2v) is 5.92. The first-order chi connectivity index (χ1) is 13.0. The van der Waals surface area contributed by atoms with Crippen LogP contribution in [-0.4, -0.2) is 23.1 Å². The number of amides is 1. The van der Waals surface area contributed by atoms with E-state index in [1.54, 1.807) is 19.1 Å². The van der Waals surface area contributed by atoms with Gasteiger partial charge in [0.15, 0.2) is 0 Å². The first-order valence-electron chi connectivity index (χ1n) is 8.34. The first-order valence-corrected chi connectivity index (χ1v) is 8.34. The molecule has 0 aliphatic rings. The Kier molecular flexibility index (Phi) is 5.41. The van der Waals surface area contributed by atoms with Crippen molar-refractivity contribution in [1.82, 2.24) is 5.43 Å². The highest BCUT2D eigenvalue weighted by Crippen LogP contribution is 2.22. The number of nitrogens with one attached hydrogen (secondary N) is 2. The summed E-state index contributed by atoms with van der Waals surface area (Å²) < 4.78 is 0. The van der Waals surface area contributed by atoms with Gasteiger partial charge in [0.25, 0.3) is 11.6 Å². The molecule has 0 spiro atoms. The van der Waals surface area contributed by atoms with E-state index in [1.165, 1.54) is 12.1 Å². The molecule has 0 aromatic heterocycles. The summed E-state index contributed by atoms with van der Waals surface area (Å²) in [5, 5.41) is 20.0. The van der Waals surface area contributed by atoms with E-state index in [1.807, 2.05) is 42.5 Å². The predicted octanol–water partition coefficient (Wildman–Crippen LogP) is 3.70. The van der Waals surface area contributed by atoms with Gasteiger partial charge in [0.1, 0.15) is 0 Å². The molecular weight excluding hydrogens is 344 g/mol. The zero-order valence-corrected chi connectivity index (χ0v) is 14.7. The Hall–Kier alpha value is -3.74. The number of nitrogens with zero attached hydrogens (tertiary/aromatic N) is 2. The maximum absolute atomic E-state index is 12.1. The van der Waals surface area contributed by atoms with Crippen LogP contribution in [0.4, 0.5) is 11.4 Å². The van der Waals surface area contributed by atoms with Crippen molar-refractivity contribution in [3.05, 3.63) is 82.4 Å². The summed E-state index contributed by atoms with van der Waals surface area (Å²) in [7, 11) is 0. The van der Waals surface area contributed by atoms with Crippen molar-refractivity contribution in [2.45, 2.75) is 6.92 Å². The summed E-state index contributed by atoms with van der Waals surface area (Å²) in [6.45, 7) is 1.80. The van der Waals surface area contributed by atoms with Crippen LogP contribution in [0.25, 0.3) is 10.8 Å². The lowest BCUT2D eigenvalue weighted by molar-refractivity contribution is -0.384. The van der Waals surface area contributed by atoms with E-state index in [4.69, 9.17) is 0 Å². The third-order valence-corrected chi connectivity index (χ3v) is 4.07. The van der Waals surface area contributed by atoms with E-state index in [0.717, 1.165) is 16.5 Å². The van der Waals surface area contributed by atoms with Gasteiger partial charge in [-0.1, -0.05) is 36.4 Å². The number of fused-ring (bicyclic) bond motifs is 1. The van der Waals surface area contributed by atoms with Crippen LogP contribution >= 0.6 is 0 Å². The largest absolute Gasteiger partial charge is 0.376 e. The van der Waals surface area contributed by atoms with Gasteiger partial charge in [0, 0.05) is 23.2 Å². The highest BCUT2D eigenvalue weighted by atomic mass is 16.6. The molecule has 7 nitrogen and oxygen atoms in total. The Morgan fingerprint density at radius 2 is 1.74 bits per heavy atom. The minimum Gasteiger partial charge on any atom is -0.376 e.